The number of nitrogens with one attached hydrogen (secondary N) is 1. The summed E-state index contributed by atoms with van der Waals surface area (Å²) in [5.74, 6) is -1.13. The van der Waals surface area contributed by atoms with Crippen LogP contribution in [0.3, 0.4) is 0 Å². The summed E-state index contributed by atoms with van der Waals surface area (Å²) in [6, 6.07) is 1.13. The number of carbonyl (C=O) groups excluding carboxylic acids is 2. The molecule has 1 amide bonds. The molecule has 10 heteroatoms. The van der Waals surface area contributed by atoms with Crippen LogP contribution in [0.2, 0.25) is 5.15 Å². The minimum Gasteiger partial charge on any atom is -0.462 e. The van der Waals surface area contributed by atoms with Crippen molar-refractivity contribution in [3.63, 3.8) is 0 Å². The predicted molar refractivity (Wildman–Crippen MR) is 87.5 cm³/mol. The van der Waals surface area contributed by atoms with Crippen LogP contribution in [0.1, 0.15) is 33.3 Å². The van der Waals surface area contributed by atoms with Crippen molar-refractivity contribution in [3.05, 3.63) is 22.9 Å². The summed E-state index contributed by atoms with van der Waals surface area (Å²) in [4.78, 5) is 23.7. The third-order valence-electron chi connectivity index (χ3n) is 2.46. The molecule has 1 aromatic rings. The van der Waals surface area contributed by atoms with E-state index in [-0.39, 0.29) is 23.1 Å². The predicted octanol–water partition coefficient (Wildman–Crippen LogP) is 3.69. The average Bonchev–Trinajstić information content (AvgIpc) is 2.45. The second-order valence-corrected chi connectivity index (χ2v) is 6.05. The second-order valence-electron chi connectivity index (χ2n) is 5.70. The molecule has 0 aliphatic rings. The first-order valence-corrected chi connectivity index (χ1v) is 7.62. The lowest BCUT2D eigenvalue weighted by Gasteiger charge is -2.19. The summed E-state index contributed by atoms with van der Waals surface area (Å²) in [5, 5.41) is 9.15. The Balaban J connectivity index is 3.17. The van der Waals surface area contributed by atoms with Crippen molar-refractivity contribution in [1.82, 2.24) is 10.2 Å². The van der Waals surface area contributed by atoms with Crippen molar-refractivity contribution in [3.8, 4) is 0 Å². The van der Waals surface area contributed by atoms with Gasteiger partial charge in [-0.25, -0.2) is 18.4 Å². The van der Waals surface area contributed by atoms with Gasteiger partial charge in [0.1, 0.15) is 5.60 Å². The number of hydrogen-bond acceptors (Lipinski definition) is 6. The molecule has 0 saturated carbocycles. The molecule has 0 spiro atoms. The Morgan fingerprint density at radius 1 is 1.36 bits per heavy atom. The third-order valence-corrected chi connectivity index (χ3v) is 2.74. The van der Waals surface area contributed by atoms with Crippen molar-refractivity contribution in [2.75, 3.05) is 11.9 Å². The lowest BCUT2D eigenvalue weighted by Crippen LogP contribution is -2.27. The first-order valence-electron chi connectivity index (χ1n) is 7.24. The van der Waals surface area contributed by atoms with Crippen LogP contribution in [0.5, 0.6) is 0 Å². The Hall–Kier alpha value is -2.29. The van der Waals surface area contributed by atoms with E-state index >= 15 is 0 Å². The van der Waals surface area contributed by atoms with E-state index in [0.717, 1.165) is 6.07 Å². The molecule has 1 aromatic heterocycles. The molecular weight excluding hydrogens is 360 g/mol. The van der Waals surface area contributed by atoms with Gasteiger partial charge in [-0.2, -0.15) is 0 Å². The van der Waals surface area contributed by atoms with Crippen molar-refractivity contribution in [2.24, 2.45) is 0 Å². The van der Waals surface area contributed by atoms with Crippen LogP contribution >= 0.6 is 11.6 Å². The topological polar surface area (TPSA) is 90.4 Å². The molecule has 0 bridgehead atoms. The number of ether oxygens (including phenoxy) is 2. The van der Waals surface area contributed by atoms with Gasteiger partial charge in [0.25, 0.3) is 6.43 Å². The fourth-order valence-corrected chi connectivity index (χ4v) is 1.83. The number of carbonyl (C=O) groups is 2. The molecule has 0 unspecified atom stereocenters. The van der Waals surface area contributed by atoms with E-state index in [4.69, 9.17) is 21.1 Å². The zero-order chi connectivity index (χ0) is 19.2. The van der Waals surface area contributed by atoms with Crippen LogP contribution in [0, 0.1) is 0 Å². The van der Waals surface area contributed by atoms with Gasteiger partial charge in [-0.15, -0.1) is 10.2 Å². The molecule has 0 aromatic carbocycles. The number of hydrogen-bond donors (Lipinski definition) is 1. The zero-order valence-electron chi connectivity index (χ0n) is 14.1. The molecule has 0 fully saturated rings. The molecule has 0 aliphatic carbocycles. The van der Waals surface area contributed by atoms with Crippen molar-refractivity contribution >= 4 is 35.1 Å². The summed E-state index contributed by atoms with van der Waals surface area (Å²) in [6.07, 6.45) is -3.37. The van der Waals surface area contributed by atoms with Crippen LogP contribution < -0.4 is 5.32 Å². The highest BCUT2D eigenvalue weighted by Crippen LogP contribution is 2.26. The van der Waals surface area contributed by atoms with E-state index in [1.54, 1.807) is 20.8 Å². The second kappa shape index (κ2) is 8.70. The number of alkyl halides is 2. The molecule has 0 radical (unpaired) electrons. The molecule has 138 valence electrons. The summed E-state index contributed by atoms with van der Waals surface area (Å²) in [5.41, 5.74) is -1.39. The Bertz CT molecular complexity index is 675. The summed E-state index contributed by atoms with van der Waals surface area (Å²) >= 11 is 5.85. The standard InChI is InChI=1S/C15H18ClF2N3O4/c1-5-24-13(22)9(6-10(17)18)8-7-11(20-21-12(8)16)19-14(23)25-15(2,3)4/h6-7,10H,5H2,1-4H3,(H,19,20,23). The van der Waals surface area contributed by atoms with Gasteiger partial charge in [0.15, 0.2) is 11.0 Å². The largest absolute Gasteiger partial charge is 0.462 e. The van der Waals surface area contributed by atoms with Crippen LogP contribution in [-0.2, 0) is 14.3 Å². The molecule has 1 N–H and O–H groups in total. The Morgan fingerprint density at radius 2 is 2.00 bits per heavy atom. The number of rotatable bonds is 5. The van der Waals surface area contributed by atoms with Gasteiger partial charge in [-0.05, 0) is 39.8 Å². The van der Waals surface area contributed by atoms with Gasteiger partial charge in [-0.3, -0.25) is 5.32 Å². The van der Waals surface area contributed by atoms with Crippen LogP contribution in [0.25, 0.3) is 5.57 Å². The first kappa shape index (κ1) is 20.8. The van der Waals surface area contributed by atoms with Gasteiger partial charge >= 0.3 is 12.1 Å². The van der Waals surface area contributed by atoms with E-state index in [1.807, 2.05) is 0 Å². The highest BCUT2D eigenvalue weighted by molar-refractivity contribution is 6.33. The maximum atomic E-state index is 12.7. The monoisotopic (exact) mass is 377 g/mol. The van der Waals surface area contributed by atoms with Crippen molar-refractivity contribution in [1.29, 1.82) is 0 Å². The SMILES string of the molecule is CCOC(=O)C(=CC(F)F)c1cc(NC(=O)OC(C)(C)C)nnc1Cl. The average molecular weight is 378 g/mol. The highest BCUT2D eigenvalue weighted by atomic mass is 35.5. The number of nitrogens with zero attached hydrogens (tertiary/aromatic N) is 2. The first-order chi connectivity index (χ1) is 11.5. The summed E-state index contributed by atoms with van der Waals surface area (Å²) in [6.45, 7) is 6.50. The fraction of sp³-hybridized carbons (Fsp3) is 0.467. The molecule has 0 saturated heterocycles. The fourth-order valence-electron chi connectivity index (χ4n) is 1.64. The number of esters is 1. The molecule has 0 atom stereocenters. The number of halogens is 3. The van der Waals surface area contributed by atoms with Gasteiger partial charge < -0.3 is 9.47 Å². The molecule has 1 heterocycles. The minimum absolute atomic E-state index is 0.0153. The molecule has 25 heavy (non-hydrogen) atoms. The lowest BCUT2D eigenvalue weighted by atomic mass is 10.1. The summed E-state index contributed by atoms with van der Waals surface area (Å²) in [7, 11) is 0. The molecular formula is C15H18ClF2N3O4. The van der Waals surface area contributed by atoms with Crippen molar-refractivity contribution in [2.45, 2.75) is 39.7 Å². The maximum absolute atomic E-state index is 12.7. The van der Waals surface area contributed by atoms with E-state index in [2.05, 4.69) is 15.5 Å². The smallest absolute Gasteiger partial charge is 0.413 e. The van der Waals surface area contributed by atoms with Gasteiger partial charge in [0.05, 0.1) is 12.2 Å². The molecule has 1 rings (SSSR count). The number of anilines is 1. The van der Waals surface area contributed by atoms with Crippen LogP contribution in [-0.4, -0.2) is 40.9 Å². The molecule has 0 aliphatic heterocycles. The summed E-state index contributed by atoms with van der Waals surface area (Å²) < 4.78 is 35.3. The Kier molecular flexibility index (Phi) is 7.22. The Labute approximate surface area is 148 Å². The van der Waals surface area contributed by atoms with Crippen LogP contribution in [0.4, 0.5) is 19.4 Å². The Morgan fingerprint density at radius 3 is 2.52 bits per heavy atom. The maximum Gasteiger partial charge on any atom is 0.413 e. The van der Waals surface area contributed by atoms with Gasteiger partial charge in [0.2, 0.25) is 0 Å². The lowest BCUT2D eigenvalue weighted by molar-refractivity contribution is -0.136. The van der Waals surface area contributed by atoms with Crippen LogP contribution in [0.15, 0.2) is 12.1 Å². The van der Waals surface area contributed by atoms with E-state index in [0.29, 0.717) is 6.08 Å². The van der Waals surface area contributed by atoms with E-state index in [1.165, 1.54) is 6.92 Å². The van der Waals surface area contributed by atoms with Gasteiger partial charge in [0, 0.05) is 5.56 Å². The van der Waals surface area contributed by atoms with Gasteiger partial charge in [-0.1, -0.05) is 11.6 Å². The highest BCUT2D eigenvalue weighted by Gasteiger charge is 2.22. The zero-order valence-corrected chi connectivity index (χ0v) is 14.9. The normalized spacial score (nSPS) is 12.1. The number of amides is 1. The molecule has 7 nitrogen and oxygen atoms in total. The minimum atomic E-state index is -2.93. The van der Waals surface area contributed by atoms with E-state index in [9.17, 15) is 18.4 Å². The quantitative estimate of drug-likeness (QED) is 0.621. The number of allylic oxidation sites excluding steroid dienone is 1. The third kappa shape index (κ3) is 7.00. The van der Waals surface area contributed by atoms with E-state index < -0.39 is 29.7 Å². The van der Waals surface area contributed by atoms with Crippen molar-refractivity contribution < 1.29 is 27.8 Å². The number of aromatic nitrogens is 2.